The van der Waals surface area contributed by atoms with Crippen molar-refractivity contribution in [1.82, 2.24) is 0 Å². The SMILES string of the molecule is O=[N+]([O-])c1ccc(/C=C/N=[N+]([O-])c2ccccc2)cc1. The van der Waals surface area contributed by atoms with Crippen molar-refractivity contribution in [3.63, 3.8) is 0 Å². The maximum Gasteiger partial charge on any atom is 0.269 e. The van der Waals surface area contributed by atoms with Gasteiger partial charge < -0.3 is 5.21 Å². The van der Waals surface area contributed by atoms with Crippen molar-refractivity contribution in [2.24, 2.45) is 5.11 Å². The molecular formula is C14H11N3O3. The molecule has 2 rings (SSSR count). The van der Waals surface area contributed by atoms with Gasteiger partial charge in [-0.3, -0.25) is 10.1 Å². The van der Waals surface area contributed by atoms with Gasteiger partial charge in [-0.1, -0.05) is 23.1 Å². The molecule has 6 nitrogen and oxygen atoms in total. The van der Waals surface area contributed by atoms with Crippen molar-refractivity contribution < 1.29 is 9.78 Å². The fraction of sp³-hybridized carbons (Fsp3) is 0. The number of nitrogens with zero attached hydrogens (tertiary/aromatic N) is 3. The summed E-state index contributed by atoms with van der Waals surface area (Å²) in [5.41, 5.74) is 1.18. The van der Waals surface area contributed by atoms with E-state index in [4.69, 9.17) is 0 Å². The zero-order valence-electron chi connectivity index (χ0n) is 10.4. The number of nitro groups is 1. The molecule has 0 radical (unpaired) electrons. The second-order valence-corrected chi connectivity index (χ2v) is 3.89. The monoisotopic (exact) mass is 269 g/mol. The average molecular weight is 269 g/mol. The lowest BCUT2D eigenvalue weighted by atomic mass is 10.2. The Hall–Kier alpha value is -3.02. The van der Waals surface area contributed by atoms with Crippen LogP contribution in [0.3, 0.4) is 0 Å². The normalized spacial score (nSPS) is 11.7. The molecule has 20 heavy (non-hydrogen) atoms. The topological polar surface area (TPSA) is 81.6 Å². The van der Waals surface area contributed by atoms with Crippen molar-refractivity contribution in [3.05, 3.63) is 81.7 Å². The highest BCUT2D eigenvalue weighted by Gasteiger charge is 2.02. The summed E-state index contributed by atoms with van der Waals surface area (Å²) in [6.45, 7) is 0. The van der Waals surface area contributed by atoms with E-state index < -0.39 is 4.92 Å². The van der Waals surface area contributed by atoms with Crippen LogP contribution >= 0.6 is 0 Å². The van der Waals surface area contributed by atoms with Gasteiger partial charge in [0.25, 0.3) is 5.69 Å². The summed E-state index contributed by atoms with van der Waals surface area (Å²) in [4.78, 5) is 10.5. The van der Waals surface area contributed by atoms with Gasteiger partial charge in [-0.2, -0.15) is 0 Å². The Labute approximate surface area is 115 Å². The van der Waals surface area contributed by atoms with Gasteiger partial charge in [-0.05, 0) is 23.8 Å². The molecule has 0 aliphatic carbocycles. The number of non-ortho nitro benzene ring substituents is 1. The molecule has 0 unspecified atom stereocenters. The first-order chi connectivity index (χ1) is 9.66. The molecule has 0 fully saturated rings. The highest BCUT2D eigenvalue weighted by atomic mass is 16.6. The third-order valence-corrected chi connectivity index (χ3v) is 2.52. The van der Waals surface area contributed by atoms with Gasteiger partial charge in [0, 0.05) is 29.4 Å². The fourth-order valence-electron chi connectivity index (χ4n) is 1.51. The van der Waals surface area contributed by atoms with Crippen molar-refractivity contribution in [3.8, 4) is 0 Å². The Morgan fingerprint density at radius 1 is 0.900 bits per heavy atom. The predicted octanol–water partition coefficient (Wildman–Crippen LogP) is 3.86. The molecule has 0 bridgehead atoms. The Morgan fingerprint density at radius 3 is 2.15 bits per heavy atom. The quantitative estimate of drug-likeness (QED) is 0.365. The first-order valence-corrected chi connectivity index (χ1v) is 5.81. The maximum absolute atomic E-state index is 11.6. The first kappa shape index (κ1) is 13.4. The van der Waals surface area contributed by atoms with Crippen LogP contribution in [0.2, 0.25) is 0 Å². The van der Waals surface area contributed by atoms with Crippen LogP contribution in [0.15, 0.2) is 65.9 Å². The minimum atomic E-state index is -0.466. The van der Waals surface area contributed by atoms with Crippen molar-refractivity contribution >= 4 is 17.5 Å². The van der Waals surface area contributed by atoms with Gasteiger partial charge >= 0.3 is 0 Å². The molecule has 0 N–H and O–H groups in total. The second kappa shape index (κ2) is 6.24. The van der Waals surface area contributed by atoms with Crippen LogP contribution in [-0.4, -0.2) is 9.78 Å². The van der Waals surface area contributed by atoms with Gasteiger partial charge in [0.1, 0.15) is 0 Å². The van der Waals surface area contributed by atoms with E-state index in [-0.39, 0.29) is 5.69 Å². The van der Waals surface area contributed by atoms with E-state index in [1.165, 1.54) is 18.3 Å². The second-order valence-electron chi connectivity index (χ2n) is 3.89. The lowest BCUT2D eigenvalue weighted by Gasteiger charge is -1.96. The molecule has 0 aliphatic rings. The highest BCUT2D eigenvalue weighted by Crippen LogP contribution is 2.13. The van der Waals surface area contributed by atoms with Gasteiger partial charge in [-0.15, -0.1) is 0 Å². The Bertz CT molecular complexity index is 649. The number of hydrogen-bond acceptors (Lipinski definition) is 4. The number of benzene rings is 2. The van der Waals surface area contributed by atoms with Crippen LogP contribution < -0.4 is 0 Å². The summed E-state index contributed by atoms with van der Waals surface area (Å²) in [6, 6.07) is 14.6. The molecule has 6 heteroatoms. The summed E-state index contributed by atoms with van der Waals surface area (Å²) in [6.07, 6.45) is 2.94. The van der Waals surface area contributed by atoms with Gasteiger partial charge in [0.05, 0.1) is 11.1 Å². The zero-order chi connectivity index (χ0) is 14.4. The molecule has 0 spiro atoms. The first-order valence-electron chi connectivity index (χ1n) is 5.81. The van der Waals surface area contributed by atoms with Crippen molar-refractivity contribution in [2.45, 2.75) is 0 Å². The van der Waals surface area contributed by atoms with Gasteiger partial charge in [0.2, 0.25) is 5.69 Å². The molecular weight excluding hydrogens is 258 g/mol. The minimum Gasteiger partial charge on any atom is -0.594 e. The van der Waals surface area contributed by atoms with Crippen LogP contribution in [0.4, 0.5) is 11.4 Å². The van der Waals surface area contributed by atoms with E-state index in [1.54, 1.807) is 42.5 Å². The Balaban J connectivity index is 2.08. The van der Waals surface area contributed by atoms with Gasteiger partial charge in [-0.25, -0.2) is 0 Å². The number of azo groups is 1. The van der Waals surface area contributed by atoms with Crippen LogP contribution in [0.1, 0.15) is 5.56 Å². The molecule has 0 heterocycles. The van der Waals surface area contributed by atoms with E-state index in [0.29, 0.717) is 10.5 Å². The van der Waals surface area contributed by atoms with E-state index >= 15 is 0 Å². The standard InChI is InChI=1S/C14H11N3O3/c18-16(13-4-2-1-3-5-13)15-11-10-12-6-8-14(9-7-12)17(19)20/h1-11H/b11-10+,16-15?. The number of hydrogen-bond donors (Lipinski definition) is 0. The molecule has 100 valence electrons. The summed E-state index contributed by atoms with van der Waals surface area (Å²) in [7, 11) is 0. The number of para-hydroxylation sites is 1. The molecule has 2 aromatic carbocycles. The van der Waals surface area contributed by atoms with Crippen molar-refractivity contribution in [2.75, 3.05) is 0 Å². The molecule has 2 aromatic rings. The lowest BCUT2D eigenvalue weighted by Crippen LogP contribution is -1.88. The third kappa shape index (κ3) is 3.49. The van der Waals surface area contributed by atoms with E-state index in [0.717, 1.165) is 5.56 Å². The van der Waals surface area contributed by atoms with E-state index in [1.807, 2.05) is 6.07 Å². The lowest BCUT2D eigenvalue weighted by molar-refractivity contribution is -0.436. The summed E-state index contributed by atoms with van der Waals surface area (Å²) >= 11 is 0. The fourth-order valence-corrected chi connectivity index (χ4v) is 1.51. The largest absolute Gasteiger partial charge is 0.594 e. The highest BCUT2D eigenvalue weighted by molar-refractivity contribution is 5.51. The maximum atomic E-state index is 11.6. The van der Waals surface area contributed by atoms with Crippen LogP contribution in [0, 0.1) is 15.3 Å². The van der Waals surface area contributed by atoms with Crippen molar-refractivity contribution in [1.29, 1.82) is 0 Å². The Morgan fingerprint density at radius 2 is 1.55 bits per heavy atom. The minimum absolute atomic E-state index is 0.0221. The van der Waals surface area contributed by atoms with Crippen LogP contribution in [-0.2, 0) is 0 Å². The smallest absolute Gasteiger partial charge is 0.269 e. The summed E-state index contributed by atoms with van der Waals surface area (Å²) < 4.78 is 0. The summed E-state index contributed by atoms with van der Waals surface area (Å²) in [5.74, 6) is 0. The predicted molar refractivity (Wildman–Crippen MR) is 74.3 cm³/mol. The van der Waals surface area contributed by atoms with E-state index in [9.17, 15) is 15.3 Å². The summed E-state index contributed by atoms with van der Waals surface area (Å²) in [5, 5.41) is 25.8. The molecule has 0 saturated heterocycles. The molecule has 0 amide bonds. The van der Waals surface area contributed by atoms with E-state index in [2.05, 4.69) is 5.11 Å². The van der Waals surface area contributed by atoms with Gasteiger partial charge in [0.15, 0.2) is 0 Å². The average Bonchev–Trinajstić information content (AvgIpc) is 2.48. The number of rotatable bonds is 4. The third-order valence-electron chi connectivity index (χ3n) is 2.52. The van der Waals surface area contributed by atoms with Crippen LogP contribution in [0.25, 0.3) is 6.08 Å². The molecule has 0 atom stereocenters. The zero-order valence-corrected chi connectivity index (χ0v) is 10.4. The van der Waals surface area contributed by atoms with Crippen LogP contribution in [0.5, 0.6) is 0 Å². The molecule has 0 aromatic heterocycles. The Kier molecular flexibility index (Phi) is 4.18. The molecule has 0 saturated carbocycles. The number of nitro benzene ring substituents is 1. The molecule has 0 aliphatic heterocycles.